The van der Waals surface area contributed by atoms with Gasteiger partial charge in [-0.25, -0.2) is 4.79 Å². The molecule has 0 aliphatic carbocycles. The van der Waals surface area contributed by atoms with Crippen LogP contribution in [0.5, 0.6) is 0 Å². The van der Waals surface area contributed by atoms with Crippen molar-refractivity contribution in [1.29, 1.82) is 0 Å². The third-order valence-corrected chi connectivity index (χ3v) is 18.3. The Hall–Kier alpha value is -9.27. The van der Waals surface area contributed by atoms with Crippen LogP contribution in [0.25, 0.3) is 0 Å². The Bertz CT molecular complexity index is 3190. The summed E-state index contributed by atoms with van der Waals surface area (Å²) in [6.07, 6.45) is -0.181. The highest BCUT2D eigenvalue weighted by Crippen LogP contribution is 2.17. The summed E-state index contributed by atoms with van der Waals surface area (Å²) >= 11 is 1.34. The highest BCUT2D eigenvalue weighted by Gasteiger charge is 2.40. The number of thioether (sulfide) groups is 1. The first-order chi connectivity index (χ1) is 52.0. The van der Waals surface area contributed by atoms with Crippen molar-refractivity contribution in [2.45, 2.75) is 279 Å². The Kier molecular flexibility index (Phi) is 47.8. The molecule has 112 heavy (non-hydrogen) atoms. The van der Waals surface area contributed by atoms with Gasteiger partial charge in [-0.05, 0) is 131 Å². The van der Waals surface area contributed by atoms with Crippen LogP contribution in [0.2, 0.25) is 0 Å². The molecule has 0 saturated heterocycles. The van der Waals surface area contributed by atoms with Crippen LogP contribution in [0.1, 0.15) is 195 Å². The molecular weight excluding hydrogens is 1480 g/mol. The quantitative estimate of drug-likeness (QED) is 0.0286. The Balaban J connectivity index is 6.84. The van der Waals surface area contributed by atoms with E-state index in [9.17, 15) is 96.5 Å². The number of hydrogen-bond donors (Lipinski definition) is 20. The molecule has 15 amide bonds. The number of carboxylic acids is 3. The van der Waals surface area contributed by atoms with Gasteiger partial charge in [-0.15, -0.1) is 0 Å². The maximum atomic E-state index is 14.5. The minimum atomic E-state index is -1.83. The third kappa shape index (κ3) is 39.3. The first-order valence-electron chi connectivity index (χ1n) is 38.1. The zero-order valence-corrected chi connectivity index (χ0v) is 69.0. The van der Waals surface area contributed by atoms with Crippen LogP contribution in [0.4, 0.5) is 0 Å². The summed E-state index contributed by atoms with van der Waals surface area (Å²) in [6, 6.07) is -20.0. The summed E-state index contributed by atoms with van der Waals surface area (Å²) in [7, 11) is 0. The van der Waals surface area contributed by atoms with Gasteiger partial charge in [0.05, 0.1) is 13.0 Å². The average Bonchev–Trinajstić information content (AvgIpc) is 0.844. The van der Waals surface area contributed by atoms with Crippen molar-refractivity contribution < 1.29 is 102 Å². The lowest BCUT2D eigenvalue weighted by molar-refractivity contribution is -0.144. The molecule has 14 atom stereocenters. The molecule has 0 aromatic rings. The number of amides is 15. The smallest absolute Gasteiger partial charge is 0.326 e. The van der Waals surface area contributed by atoms with E-state index in [1.54, 1.807) is 117 Å². The van der Waals surface area contributed by atoms with Crippen LogP contribution in [-0.2, 0) is 86.3 Å². The maximum absolute atomic E-state index is 14.5. The van der Waals surface area contributed by atoms with Crippen LogP contribution in [-0.4, -0.2) is 232 Å². The summed E-state index contributed by atoms with van der Waals surface area (Å²) in [5.41, 5.74) is 16.5. The van der Waals surface area contributed by atoms with Gasteiger partial charge in [0.1, 0.15) is 84.6 Å². The van der Waals surface area contributed by atoms with E-state index in [1.807, 2.05) is 0 Å². The van der Waals surface area contributed by atoms with Gasteiger partial charge >= 0.3 is 17.9 Å². The average molecular weight is 1610 g/mol. The second-order valence-corrected chi connectivity index (χ2v) is 31.9. The molecule has 0 fully saturated rings. The van der Waals surface area contributed by atoms with Crippen molar-refractivity contribution in [3.63, 3.8) is 0 Å². The van der Waals surface area contributed by atoms with Crippen molar-refractivity contribution in [3.8, 4) is 0 Å². The minimum absolute atomic E-state index is 0.0208. The number of unbranched alkanes of at least 4 members (excludes halogenated alkanes) is 1. The minimum Gasteiger partial charge on any atom is -0.481 e. The largest absolute Gasteiger partial charge is 0.481 e. The van der Waals surface area contributed by atoms with Gasteiger partial charge in [-0.3, -0.25) is 81.5 Å². The number of nitrogens with one attached hydrogen (secondary N) is 14. The third-order valence-electron chi connectivity index (χ3n) is 17.6. The molecule has 0 spiro atoms. The van der Waals surface area contributed by atoms with Crippen LogP contribution in [0, 0.1) is 47.3 Å². The summed E-state index contributed by atoms with van der Waals surface area (Å²) in [5, 5.41) is 64.3. The van der Waals surface area contributed by atoms with Gasteiger partial charge in [0, 0.05) is 12.8 Å². The van der Waals surface area contributed by atoms with Gasteiger partial charge in [0.15, 0.2) is 0 Å². The van der Waals surface area contributed by atoms with Crippen molar-refractivity contribution in [2.75, 3.05) is 25.1 Å². The van der Waals surface area contributed by atoms with E-state index < -0.39 is 259 Å². The molecule has 0 aliphatic rings. The predicted octanol–water partition coefficient (Wildman–Crippen LogP) is -2.26. The second kappa shape index (κ2) is 52.1. The molecule has 23 N–H and O–H groups in total. The van der Waals surface area contributed by atoms with Crippen LogP contribution in [0.15, 0.2) is 0 Å². The van der Waals surface area contributed by atoms with E-state index in [-0.39, 0.29) is 49.9 Å². The molecule has 0 heterocycles. The zero-order valence-electron chi connectivity index (χ0n) is 68.1. The van der Waals surface area contributed by atoms with Crippen molar-refractivity contribution >= 4 is 118 Å². The topological polar surface area (TPSA) is 614 Å². The molecule has 38 nitrogen and oxygen atoms in total. The molecule has 0 bridgehead atoms. The van der Waals surface area contributed by atoms with Gasteiger partial charge in [0.25, 0.3) is 0 Å². The Morgan fingerprint density at radius 3 is 0.946 bits per heavy atom. The predicted molar refractivity (Wildman–Crippen MR) is 415 cm³/mol. The lowest BCUT2D eigenvalue weighted by Gasteiger charge is -2.31. The number of carbonyl (C=O) groups excluding carboxylic acids is 15. The van der Waals surface area contributed by atoms with Gasteiger partial charge < -0.3 is 107 Å². The molecule has 638 valence electrons. The Morgan fingerprint density at radius 2 is 0.607 bits per heavy atom. The van der Waals surface area contributed by atoms with E-state index >= 15 is 0 Å². The first-order valence-corrected chi connectivity index (χ1v) is 39.5. The standard InChI is InChI=1S/C73H129N17O21S/c1-34(2)29-47(83-65(102)50(32-54(95)96)85-71(108)57(39(11)12)86-62(99)43(21-19-20-27-74)78-52(92)33-75)64(101)77-42(17)60(97)79-44(22-24-51(76)91)61(98)82-48(30-35(3)4)66(103)89-59(41(15)16)72(109)90-58(40(13)14)68(105)80-45(26-28-112-18)63(100)87-56(38(9)10)70(107)84-49(31-36(5)6)67(104)88-55(37(7)8)69(106)81-46(73(110)111)23-25-53(93)94/h34-50,55-59H,19-33,74-75H2,1-18H3,(H2,76,91)(H,77,101)(H,78,92)(H,79,97)(H,80,105)(H,81,106)(H,82,98)(H,83,102)(H,84,107)(H,85,108)(H,86,99)(H,87,100)(H,88,104)(H,89,103)(H,90,109)(H,93,94)(H,95,96)(H,110,111)/t42-,43-,44-,45-,46-,47-,48-,49-,50-,55-,56-,57-,58-,59-/m0/s1. The van der Waals surface area contributed by atoms with Gasteiger partial charge in [-0.1, -0.05) is 111 Å². The molecule has 0 aromatic carbocycles. The number of hydrogen-bond acceptors (Lipinski definition) is 21. The molecular formula is C73H129N17O21S. The highest BCUT2D eigenvalue weighted by atomic mass is 32.2. The van der Waals surface area contributed by atoms with Gasteiger partial charge in [-0.2, -0.15) is 11.8 Å². The lowest BCUT2D eigenvalue weighted by atomic mass is 9.97. The number of carbonyl (C=O) groups is 18. The van der Waals surface area contributed by atoms with E-state index in [1.165, 1.54) is 18.7 Å². The fourth-order valence-electron chi connectivity index (χ4n) is 11.3. The SMILES string of the molecule is CSCC[C@H](NC(=O)[C@@H](NC(=O)[C@@H](NC(=O)[C@H](CC(C)C)NC(=O)[C@H](CCC(N)=O)NC(=O)[C@H](C)NC(=O)[C@H](CC(C)C)NC(=O)[C@H](CC(=O)O)NC(=O)[C@@H](NC(=O)[C@H](CCCCN)NC(=O)CN)C(C)C)C(C)C)C(C)C)C(=O)N[C@H](C(=O)N[C@@H](CC(C)C)C(=O)N[C@H](C(=O)N[C@@H](CCC(=O)O)C(=O)O)C(C)C)C(C)C. The van der Waals surface area contributed by atoms with Gasteiger partial charge in [0.2, 0.25) is 88.6 Å². The molecule has 0 radical (unpaired) electrons. The van der Waals surface area contributed by atoms with E-state index in [4.69, 9.17) is 22.3 Å². The molecule has 0 aliphatic heterocycles. The number of nitrogens with two attached hydrogens (primary N) is 3. The van der Waals surface area contributed by atoms with Crippen molar-refractivity contribution in [1.82, 2.24) is 74.4 Å². The highest BCUT2D eigenvalue weighted by molar-refractivity contribution is 7.98. The Labute approximate surface area is 660 Å². The molecule has 0 aromatic heterocycles. The lowest BCUT2D eigenvalue weighted by Crippen LogP contribution is -2.62. The number of carboxylic acid groups (broad SMARTS) is 3. The zero-order chi connectivity index (χ0) is 86.3. The van der Waals surface area contributed by atoms with Crippen LogP contribution in [0.3, 0.4) is 0 Å². The summed E-state index contributed by atoms with van der Waals surface area (Å²) in [4.78, 5) is 243. The van der Waals surface area contributed by atoms with E-state index in [0.717, 1.165) is 0 Å². The van der Waals surface area contributed by atoms with Crippen molar-refractivity contribution in [3.05, 3.63) is 0 Å². The maximum Gasteiger partial charge on any atom is 0.326 e. The fraction of sp³-hybridized carbons (Fsp3) is 0.753. The molecule has 0 saturated carbocycles. The monoisotopic (exact) mass is 1610 g/mol. The summed E-state index contributed by atoms with van der Waals surface area (Å²) < 4.78 is 0. The number of primary amides is 1. The summed E-state index contributed by atoms with van der Waals surface area (Å²) in [6.45, 7) is 27.4. The molecule has 0 unspecified atom stereocenters. The van der Waals surface area contributed by atoms with E-state index in [0.29, 0.717) is 25.1 Å². The number of aliphatic carboxylic acids is 3. The second-order valence-electron chi connectivity index (χ2n) is 31.0. The van der Waals surface area contributed by atoms with E-state index in [2.05, 4.69) is 74.4 Å². The van der Waals surface area contributed by atoms with Crippen LogP contribution < -0.4 is 91.6 Å². The number of rotatable bonds is 55. The fourth-order valence-corrected chi connectivity index (χ4v) is 11.8. The van der Waals surface area contributed by atoms with Crippen LogP contribution >= 0.6 is 11.8 Å². The normalized spacial score (nSPS) is 15.2. The van der Waals surface area contributed by atoms with Crippen molar-refractivity contribution in [2.24, 2.45) is 64.5 Å². The molecule has 39 heteroatoms. The molecule has 0 rings (SSSR count). The Morgan fingerprint density at radius 1 is 0.312 bits per heavy atom. The first kappa shape index (κ1) is 103. The summed E-state index contributed by atoms with van der Waals surface area (Å²) in [5.74, 6) is -21.4.